The lowest BCUT2D eigenvalue weighted by Gasteiger charge is -2.53. The van der Waals surface area contributed by atoms with Gasteiger partial charge in [-0.05, 0) is 35.6 Å². The van der Waals surface area contributed by atoms with Crippen LogP contribution in [0.2, 0.25) is 0 Å². The third-order valence-corrected chi connectivity index (χ3v) is 6.96. The van der Waals surface area contributed by atoms with E-state index in [9.17, 15) is 9.59 Å². The minimum absolute atomic E-state index is 0.00516. The Morgan fingerprint density at radius 3 is 1.79 bits per heavy atom. The van der Waals surface area contributed by atoms with Crippen LogP contribution >= 0.6 is 0 Å². The average molecular weight is 378 g/mol. The molecule has 28 heavy (non-hydrogen) atoms. The Balaban J connectivity index is 1.84. The molecule has 1 aliphatic heterocycles. The van der Waals surface area contributed by atoms with Crippen LogP contribution in [0.4, 0.5) is 0 Å². The highest BCUT2D eigenvalue weighted by molar-refractivity contribution is 5.96. The first-order valence-corrected chi connectivity index (χ1v) is 9.55. The van der Waals surface area contributed by atoms with E-state index >= 15 is 0 Å². The Bertz CT molecular complexity index is 950. The highest BCUT2D eigenvalue weighted by Crippen LogP contribution is 2.70. The summed E-state index contributed by atoms with van der Waals surface area (Å²) in [7, 11) is 2.72. The lowest BCUT2D eigenvalue weighted by atomic mass is 9.47. The number of methoxy groups -OCH3 is 2. The average Bonchev–Trinajstić information content (AvgIpc) is 3.44. The molecule has 0 amide bonds. The van der Waals surface area contributed by atoms with Gasteiger partial charge in [0.15, 0.2) is 0 Å². The van der Waals surface area contributed by atoms with E-state index in [1.54, 1.807) is 0 Å². The van der Waals surface area contributed by atoms with Crippen molar-refractivity contribution in [1.29, 1.82) is 0 Å². The van der Waals surface area contributed by atoms with Crippen molar-refractivity contribution in [3.63, 3.8) is 0 Å². The van der Waals surface area contributed by atoms with Gasteiger partial charge in [-0.1, -0.05) is 48.5 Å². The van der Waals surface area contributed by atoms with Gasteiger partial charge >= 0.3 is 11.9 Å². The fourth-order valence-corrected chi connectivity index (χ4v) is 5.87. The molecule has 3 aliphatic carbocycles. The predicted molar refractivity (Wildman–Crippen MR) is 101 cm³/mol. The summed E-state index contributed by atoms with van der Waals surface area (Å²) >= 11 is 0. The van der Waals surface area contributed by atoms with Gasteiger partial charge in [0.2, 0.25) is 5.60 Å². The first-order chi connectivity index (χ1) is 13.5. The molecular formula is C23H22O5. The number of epoxide rings is 1. The van der Waals surface area contributed by atoms with Crippen LogP contribution in [0, 0.1) is 5.41 Å². The Morgan fingerprint density at radius 2 is 1.36 bits per heavy atom. The third kappa shape index (κ3) is 1.80. The summed E-state index contributed by atoms with van der Waals surface area (Å²) in [6.45, 7) is 1.82. The molecule has 2 aromatic rings. The molecule has 0 radical (unpaired) electrons. The monoisotopic (exact) mass is 378 g/mol. The van der Waals surface area contributed by atoms with Crippen LogP contribution in [0.1, 0.15) is 47.4 Å². The summed E-state index contributed by atoms with van der Waals surface area (Å²) in [4.78, 5) is 26.4. The van der Waals surface area contributed by atoms with E-state index in [0.29, 0.717) is 6.42 Å². The number of carbonyl (C=O) groups is 2. The van der Waals surface area contributed by atoms with Gasteiger partial charge in [-0.25, -0.2) is 4.79 Å². The SMILES string of the molecule is COC(=O)[C@]1([C@@]2(C(=O)OC)O[C@@H]2C)CC2c3ccccc3C1c1ccccc12. The molecule has 6 rings (SSSR count). The molecule has 2 aromatic carbocycles. The molecule has 5 heteroatoms. The Kier molecular flexibility index (Phi) is 3.53. The summed E-state index contributed by atoms with van der Waals surface area (Å²) in [5.41, 5.74) is 2.04. The van der Waals surface area contributed by atoms with E-state index in [2.05, 4.69) is 24.3 Å². The van der Waals surface area contributed by atoms with E-state index in [0.717, 1.165) is 11.1 Å². The van der Waals surface area contributed by atoms with E-state index < -0.39 is 29.1 Å². The molecule has 1 fully saturated rings. The molecule has 0 saturated carbocycles. The van der Waals surface area contributed by atoms with E-state index in [1.165, 1.54) is 25.3 Å². The number of hydrogen-bond donors (Lipinski definition) is 0. The lowest BCUT2D eigenvalue weighted by molar-refractivity contribution is -0.172. The number of esters is 2. The van der Waals surface area contributed by atoms with Gasteiger partial charge in [-0.2, -0.15) is 0 Å². The molecule has 0 unspecified atom stereocenters. The maximum atomic E-state index is 13.4. The van der Waals surface area contributed by atoms with Crippen molar-refractivity contribution in [2.45, 2.75) is 36.9 Å². The van der Waals surface area contributed by atoms with Gasteiger partial charge in [-0.15, -0.1) is 0 Å². The molecule has 0 spiro atoms. The summed E-state index contributed by atoms with van der Waals surface area (Å²) in [6.07, 6.45) is 0.0374. The zero-order valence-corrected chi connectivity index (χ0v) is 16.1. The van der Waals surface area contributed by atoms with Crippen molar-refractivity contribution in [3.05, 3.63) is 70.8 Å². The second kappa shape index (κ2) is 5.67. The fraction of sp³-hybridized carbons (Fsp3) is 0.391. The van der Waals surface area contributed by atoms with Crippen LogP contribution in [0.25, 0.3) is 0 Å². The number of carbonyl (C=O) groups excluding carboxylic acids is 2. The minimum atomic E-state index is -1.33. The molecule has 1 saturated heterocycles. The van der Waals surface area contributed by atoms with Crippen LogP contribution in [-0.2, 0) is 23.8 Å². The van der Waals surface area contributed by atoms with E-state index in [-0.39, 0.29) is 11.8 Å². The first-order valence-electron chi connectivity index (χ1n) is 9.55. The molecule has 0 N–H and O–H groups in total. The zero-order chi connectivity index (χ0) is 19.7. The largest absolute Gasteiger partial charge is 0.468 e. The van der Waals surface area contributed by atoms with Crippen molar-refractivity contribution < 1.29 is 23.8 Å². The molecule has 2 bridgehead atoms. The molecule has 5 nitrogen and oxygen atoms in total. The van der Waals surface area contributed by atoms with Crippen molar-refractivity contribution in [3.8, 4) is 0 Å². The second-order valence-electron chi connectivity index (χ2n) is 7.90. The van der Waals surface area contributed by atoms with Gasteiger partial charge in [0.25, 0.3) is 0 Å². The van der Waals surface area contributed by atoms with Crippen LogP contribution in [-0.4, -0.2) is 37.9 Å². The van der Waals surface area contributed by atoms with Crippen LogP contribution < -0.4 is 0 Å². The Morgan fingerprint density at radius 1 is 0.893 bits per heavy atom. The third-order valence-electron chi connectivity index (χ3n) is 6.96. The molecule has 1 heterocycles. The molecule has 144 valence electrons. The molecule has 3 atom stereocenters. The molecule has 0 aromatic heterocycles. The number of hydrogen-bond acceptors (Lipinski definition) is 5. The lowest BCUT2D eigenvalue weighted by Crippen LogP contribution is -2.59. The first kappa shape index (κ1) is 17.4. The van der Waals surface area contributed by atoms with Gasteiger partial charge in [0.05, 0.1) is 20.3 Å². The van der Waals surface area contributed by atoms with Crippen molar-refractivity contribution in [1.82, 2.24) is 0 Å². The molecule has 4 aliphatic rings. The van der Waals surface area contributed by atoms with Crippen molar-refractivity contribution >= 4 is 11.9 Å². The smallest absolute Gasteiger partial charge is 0.342 e. The normalized spacial score (nSPS) is 34.2. The Hall–Kier alpha value is -2.66. The van der Waals surface area contributed by atoms with E-state index in [4.69, 9.17) is 14.2 Å². The van der Waals surface area contributed by atoms with Crippen LogP contribution in [0.5, 0.6) is 0 Å². The second-order valence-corrected chi connectivity index (χ2v) is 7.90. The van der Waals surface area contributed by atoms with Gasteiger partial charge in [0, 0.05) is 11.8 Å². The summed E-state index contributed by atoms with van der Waals surface area (Å²) in [5.74, 6) is -1.26. The number of benzene rings is 2. The predicted octanol–water partition coefficient (Wildman–Crippen LogP) is 3.16. The fourth-order valence-electron chi connectivity index (χ4n) is 5.87. The summed E-state index contributed by atoms with van der Waals surface area (Å²) < 4.78 is 16.4. The van der Waals surface area contributed by atoms with Crippen LogP contribution in [0.15, 0.2) is 48.5 Å². The maximum Gasteiger partial charge on any atom is 0.342 e. The number of rotatable bonds is 3. The quantitative estimate of drug-likeness (QED) is 0.606. The molecular weight excluding hydrogens is 356 g/mol. The van der Waals surface area contributed by atoms with E-state index in [1.807, 2.05) is 31.2 Å². The Labute approximate surface area is 163 Å². The van der Waals surface area contributed by atoms with Gasteiger partial charge < -0.3 is 14.2 Å². The zero-order valence-electron chi connectivity index (χ0n) is 16.1. The van der Waals surface area contributed by atoms with Crippen molar-refractivity contribution in [2.75, 3.05) is 14.2 Å². The minimum Gasteiger partial charge on any atom is -0.468 e. The van der Waals surface area contributed by atoms with Crippen molar-refractivity contribution in [2.24, 2.45) is 5.41 Å². The highest BCUT2D eigenvalue weighted by atomic mass is 16.7. The number of fused-ring (bicyclic) bond motifs is 1. The number of ether oxygens (including phenoxy) is 3. The van der Waals surface area contributed by atoms with Gasteiger partial charge in [-0.3, -0.25) is 4.79 Å². The summed E-state index contributed by atoms with van der Waals surface area (Å²) in [5, 5.41) is 0. The maximum absolute atomic E-state index is 13.4. The van der Waals surface area contributed by atoms with Crippen LogP contribution in [0.3, 0.4) is 0 Å². The summed E-state index contributed by atoms with van der Waals surface area (Å²) in [6, 6.07) is 16.3. The highest BCUT2D eigenvalue weighted by Gasteiger charge is 2.80. The topological polar surface area (TPSA) is 65.1 Å². The standard InChI is InChI=1S/C23H22O5/c1-13-23(28-13,21(25)27-3)22(20(24)26-2)12-18-14-8-4-6-10-16(14)19(22)17-11-7-5-9-15(17)18/h4-11,13,18-19H,12H2,1-3H3/t13-,18?,19?,22+,23-/m1/s1. The van der Waals surface area contributed by atoms with Gasteiger partial charge in [0.1, 0.15) is 5.41 Å².